The molecule has 0 radical (unpaired) electrons. The number of ketones is 1. The maximum absolute atomic E-state index is 12.7. The number of hydrogen-bond donors (Lipinski definition) is 2. The SMILES string of the molecule is CC(=O)c1cccc(NC(=O)CSc2nnc(CNc3ccc(C)cc3)n2-c2cccc(C)c2C)c1. The molecule has 2 N–H and O–H groups in total. The number of thioether (sulfide) groups is 1. The molecular formula is C28H29N5O2S. The molecule has 36 heavy (non-hydrogen) atoms. The number of anilines is 2. The maximum Gasteiger partial charge on any atom is 0.234 e. The van der Waals surface area contributed by atoms with Crippen LogP contribution in [-0.2, 0) is 11.3 Å². The third-order valence-corrected chi connectivity index (χ3v) is 6.83. The fourth-order valence-electron chi connectivity index (χ4n) is 3.72. The second kappa shape index (κ2) is 11.2. The Hall–Kier alpha value is -3.91. The fourth-order valence-corrected chi connectivity index (χ4v) is 4.49. The molecule has 0 spiro atoms. The minimum absolute atomic E-state index is 0.0473. The first-order valence-corrected chi connectivity index (χ1v) is 12.7. The van der Waals surface area contributed by atoms with Crippen LogP contribution in [0.15, 0.2) is 71.9 Å². The van der Waals surface area contributed by atoms with Crippen molar-refractivity contribution < 1.29 is 9.59 Å². The average Bonchev–Trinajstić information content (AvgIpc) is 3.26. The minimum atomic E-state index is -0.185. The quantitative estimate of drug-likeness (QED) is 0.226. The normalized spacial score (nSPS) is 10.8. The standard InChI is InChI=1S/C28H29N5O2S/c1-18-11-13-23(14-12-18)29-16-26-31-32-28(33(26)25-10-5-7-19(2)20(25)3)36-17-27(35)30-24-9-6-8-22(15-24)21(4)34/h5-15,29H,16-17H2,1-4H3,(H,30,35). The van der Waals surface area contributed by atoms with Gasteiger partial charge in [-0.25, -0.2) is 0 Å². The van der Waals surface area contributed by atoms with Crippen LogP contribution >= 0.6 is 11.8 Å². The molecule has 0 unspecified atom stereocenters. The molecule has 0 aliphatic carbocycles. The van der Waals surface area contributed by atoms with Crippen LogP contribution in [0.1, 0.15) is 39.8 Å². The van der Waals surface area contributed by atoms with Crippen LogP contribution in [0.5, 0.6) is 0 Å². The van der Waals surface area contributed by atoms with Crippen molar-refractivity contribution in [1.82, 2.24) is 14.8 Å². The second-order valence-electron chi connectivity index (χ2n) is 8.65. The van der Waals surface area contributed by atoms with E-state index in [4.69, 9.17) is 0 Å². The van der Waals surface area contributed by atoms with Gasteiger partial charge in [0.15, 0.2) is 16.8 Å². The second-order valence-corrected chi connectivity index (χ2v) is 9.59. The van der Waals surface area contributed by atoms with Crippen LogP contribution < -0.4 is 10.6 Å². The highest BCUT2D eigenvalue weighted by Crippen LogP contribution is 2.26. The predicted octanol–water partition coefficient (Wildman–Crippen LogP) is 5.74. The number of carbonyl (C=O) groups is 2. The number of Topliss-reactive ketones (excluding diaryl/α,β-unsaturated/α-hetero) is 1. The summed E-state index contributed by atoms with van der Waals surface area (Å²) in [7, 11) is 0. The number of aromatic nitrogens is 3. The Labute approximate surface area is 215 Å². The Bertz CT molecular complexity index is 1400. The molecule has 0 atom stereocenters. The highest BCUT2D eigenvalue weighted by Gasteiger charge is 2.18. The molecule has 184 valence electrons. The predicted molar refractivity (Wildman–Crippen MR) is 145 cm³/mol. The van der Waals surface area contributed by atoms with Gasteiger partial charge in [-0.15, -0.1) is 10.2 Å². The number of hydrogen-bond acceptors (Lipinski definition) is 6. The molecule has 8 heteroatoms. The van der Waals surface area contributed by atoms with Crippen LogP contribution in [0.2, 0.25) is 0 Å². The van der Waals surface area contributed by atoms with E-state index in [1.807, 2.05) is 28.8 Å². The van der Waals surface area contributed by atoms with Crippen molar-refractivity contribution in [3.63, 3.8) is 0 Å². The monoisotopic (exact) mass is 499 g/mol. The van der Waals surface area contributed by atoms with E-state index in [0.717, 1.165) is 28.3 Å². The van der Waals surface area contributed by atoms with E-state index in [1.54, 1.807) is 24.3 Å². The van der Waals surface area contributed by atoms with Gasteiger partial charge in [0.05, 0.1) is 18.0 Å². The molecule has 0 bridgehead atoms. The van der Waals surface area contributed by atoms with E-state index in [2.05, 4.69) is 59.8 Å². The van der Waals surface area contributed by atoms with E-state index in [-0.39, 0.29) is 17.4 Å². The molecule has 0 aliphatic heterocycles. The number of nitrogens with zero attached hydrogens (tertiary/aromatic N) is 3. The lowest BCUT2D eigenvalue weighted by Gasteiger charge is -2.15. The number of aryl methyl sites for hydroxylation is 2. The number of carbonyl (C=O) groups excluding carboxylic acids is 2. The fraction of sp³-hybridized carbons (Fsp3) is 0.214. The van der Waals surface area contributed by atoms with Gasteiger partial charge in [0.1, 0.15) is 0 Å². The van der Waals surface area contributed by atoms with Gasteiger partial charge in [-0.1, -0.05) is 53.7 Å². The van der Waals surface area contributed by atoms with Crippen LogP contribution in [-0.4, -0.2) is 32.2 Å². The van der Waals surface area contributed by atoms with Gasteiger partial charge in [-0.3, -0.25) is 14.2 Å². The Balaban J connectivity index is 1.54. The lowest BCUT2D eigenvalue weighted by molar-refractivity contribution is -0.113. The molecule has 0 saturated heterocycles. The molecule has 1 amide bonds. The summed E-state index contributed by atoms with van der Waals surface area (Å²) in [4.78, 5) is 24.3. The largest absolute Gasteiger partial charge is 0.378 e. The highest BCUT2D eigenvalue weighted by atomic mass is 32.2. The summed E-state index contributed by atoms with van der Waals surface area (Å²) in [5.41, 5.74) is 6.62. The van der Waals surface area contributed by atoms with Crippen LogP contribution in [0, 0.1) is 20.8 Å². The van der Waals surface area contributed by atoms with Gasteiger partial charge in [0.25, 0.3) is 0 Å². The third-order valence-electron chi connectivity index (χ3n) is 5.90. The molecule has 0 saturated carbocycles. The van der Waals surface area contributed by atoms with Gasteiger partial charge >= 0.3 is 0 Å². The molecule has 4 rings (SSSR count). The summed E-state index contributed by atoms with van der Waals surface area (Å²) in [5, 5.41) is 15.8. The van der Waals surface area contributed by atoms with Crippen LogP contribution in [0.3, 0.4) is 0 Å². The van der Waals surface area contributed by atoms with Crippen molar-refractivity contribution in [1.29, 1.82) is 0 Å². The van der Waals surface area contributed by atoms with E-state index in [9.17, 15) is 9.59 Å². The Morgan fingerprint density at radius 3 is 2.42 bits per heavy atom. The third kappa shape index (κ3) is 6.01. The summed E-state index contributed by atoms with van der Waals surface area (Å²) in [6, 6.07) is 21.2. The van der Waals surface area contributed by atoms with Crippen molar-refractivity contribution >= 4 is 34.8 Å². The molecular weight excluding hydrogens is 470 g/mol. The summed E-state index contributed by atoms with van der Waals surface area (Å²) >= 11 is 1.32. The Morgan fingerprint density at radius 2 is 1.67 bits per heavy atom. The first-order chi connectivity index (χ1) is 17.3. The van der Waals surface area contributed by atoms with Crippen molar-refractivity contribution in [2.24, 2.45) is 0 Å². The van der Waals surface area contributed by atoms with E-state index in [0.29, 0.717) is 23.0 Å². The zero-order chi connectivity index (χ0) is 25.7. The lowest BCUT2D eigenvalue weighted by Crippen LogP contribution is -2.15. The molecule has 7 nitrogen and oxygen atoms in total. The summed E-state index contributed by atoms with van der Waals surface area (Å²) < 4.78 is 2.01. The molecule has 1 heterocycles. The van der Waals surface area contributed by atoms with Crippen LogP contribution in [0.4, 0.5) is 11.4 Å². The smallest absolute Gasteiger partial charge is 0.234 e. The van der Waals surface area contributed by atoms with Crippen LogP contribution in [0.25, 0.3) is 5.69 Å². The van der Waals surface area contributed by atoms with Crippen molar-refractivity contribution in [2.75, 3.05) is 16.4 Å². The van der Waals surface area contributed by atoms with Gasteiger partial charge in [-0.2, -0.15) is 0 Å². The molecule has 3 aromatic carbocycles. The van der Waals surface area contributed by atoms with Gasteiger partial charge in [-0.05, 0) is 69.2 Å². The zero-order valence-electron chi connectivity index (χ0n) is 20.8. The average molecular weight is 500 g/mol. The number of nitrogens with one attached hydrogen (secondary N) is 2. The minimum Gasteiger partial charge on any atom is -0.378 e. The van der Waals surface area contributed by atoms with Gasteiger partial charge < -0.3 is 10.6 Å². The first-order valence-electron chi connectivity index (χ1n) is 11.7. The first kappa shape index (κ1) is 25.2. The van der Waals surface area contributed by atoms with Crippen molar-refractivity contribution in [3.05, 3.63) is 94.8 Å². The zero-order valence-corrected chi connectivity index (χ0v) is 21.6. The van der Waals surface area contributed by atoms with Crippen molar-refractivity contribution in [3.8, 4) is 5.69 Å². The Morgan fingerprint density at radius 1 is 0.917 bits per heavy atom. The van der Waals surface area contributed by atoms with E-state index < -0.39 is 0 Å². The Kier molecular flexibility index (Phi) is 7.85. The highest BCUT2D eigenvalue weighted by molar-refractivity contribution is 7.99. The number of benzene rings is 3. The summed E-state index contributed by atoms with van der Waals surface area (Å²) in [6.07, 6.45) is 0. The number of rotatable bonds is 9. The van der Waals surface area contributed by atoms with Gasteiger partial charge in [0, 0.05) is 16.9 Å². The maximum atomic E-state index is 12.7. The summed E-state index contributed by atoms with van der Waals surface area (Å²) in [5.74, 6) is 0.671. The summed E-state index contributed by atoms with van der Waals surface area (Å²) in [6.45, 7) is 8.19. The van der Waals surface area contributed by atoms with Crippen molar-refractivity contribution in [2.45, 2.75) is 39.4 Å². The van der Waals surface area contributed by atoms with E-state index in [1.165, 1.54) is 24.2 Å². The number of amides is 1. The molecule has 0 fully saturated rings. The molecule has 4 aromatic rings. The lowest BCUT2D eigenvalue weighted by atomic mass is 10.1. The topological polar surface area (TPSA) is 88.9 Å². The van der Waals surface area contributed by atoms with E-state index >= 15 is 0 Å². The van der Waals surface area contributed by atoms with Gasteiger partial charge in [0.2, 0.25) is 5.91 Å². The molecule has 0 aliphatic rings. The molecule has 1 aromatic heterocycles.